The summed E-state index contributed by atoms with van der Waals surface area (Å²) < 4.78 is 22.8. The van der Waals surface area contributed by atoms with Gasteiger partial charge in [-0.2, -0.15) is 0 Å². The molecule has 0 spiro atoms. The highest BCUT2D eigenvalue weighted by atomic mass is 127. The maximum atomic E-state index is 12.5. The Hall–Kier alpha value is -13.6. The maximum absolute atomic E-state index is 12.5. The van der Waals surface area contributed by atoms with Gasteiger partial charge in [-0.15, -0.1) is 12.4 Å². The van der Waals surface area contributed by atoms with Crippen molar-refractivity contribution in [3.8, 4) is 89.5 Å². The summed E-state index contributed by atoms with van der Waals surface area (Å²) in [5.41, 5.74) is 40.6. The summed E-state index contributed by atoms with van der Waals surface area (Å²) in [6.45, 7) is 16.9. The van der Waals surface area contributed by atoms with Crippen LogP contribution in [0.2, 0.25) is 5.15 Å². The summed E-state index contributed by atoms with van der Waals surface area (Å²) in [5.74, 6) is 6.30. The second-order valence-corrected chi connectivity index (χ2v) is 38.0. The first-order chi connectivity index (χ1) is 66.0. The number of pyridine rings is 8. The zero-order valence-corrected chi connectivity index (χ0v) is 82.1. The zero-order chi connectivity index (χ0) is 96.7. The summed E-state index contributed by atoms with van der Waals surface area (Å²) in [6.07, 6.45) is 21.5. The van der Waals surface area contributed by atoms with E-state index in [9.17, 15) is 14.4 Å². The van der Waals surface area contributed by atoms with Crippen LogP contribution in [0.5, 0.6) is 0 Å². The summed E-state index contributed by atoms with van der Waals surface area (Å²) in [5, 5.41) is 13.6. The second-order valence-electron chi connectivity index (χ2n) is 37.7. The van der Waals surface area contributed by atoms with Gasteiger partial charge in [-0.25, -0.2) is 61.2 Å². The average Bonchev–Trinajstić information content (AvgIpc) is 0.770. The maximum Gasteiger partial charge on any atom is 0.408 e. The molecule has 0 atom stereocenters. The number of hydrazine groups is 1. The van der Waals surface area contributed by atoms with E-state index in [2.05, 4.69) is 223 Å². The van der Waals surface area contributed by atoms with Gasteiger partial charge in [-0.3, -0.25) is 9.97 Å². The smallest absolute Gasteiger partial charge is 0.408 e. The molecule has 20 rings (SSSR count). The van der Waals surface area contributed by atoms with Gasteiger partial charge in [0, 0.05) is 112 Å². The summed E-state index contributed by atoms with van der Waals surface area (Å²) in [6, 6.07) is 90.9. The average molecular weight is 1980 g/mol. The van der Waals surface area contributed by atoms with Crippen LogP contribution in [0, 0.1) is 11.1 Å². The van der Waals surface area contributed by atoms with Gasteiger partial charge in [0.05, 0.1) is 61.5 Å². The third-order valence-corrected chi connectivity index (χ3v) is 25.4. The van der Waals surface area contributed by atoms with E-state index in [0.717, 1.165) is 220 Å². The lowest BCUT2D eigenvalue weighted by Crippen LogP contribution is -2.52. The second kappa shape index (κ2) is 43.2. The highest BCUT2D eigenvalue weighted by Crippen LogP contribution is 2.48. The van der Waals surface area contributed by atoms with E-state index in [0.29, 0.717) is 15.9 Å². The fourth-order valence-corrected chi connectivity index (χ4v) is 17.9. The van der Waals surface area contributed by atoms with Crippen LogP contribution in [0.1, 0.15) is 164 Å². The van der Waals surface area contributed by atoms with E-state index in [1.54, 1.807) is 24.8 Å². The molecule has 0 unspecified atom stereocenters. The molecule has 4 aliphatic carbocycles. The number of nitrogens with one attached hydrogen (secondary N) is 6. The first kappa shape index (κ1) is 98.0. The van der Waals surface area contributed by atoms with Crippen LogP contribution in [-0.4, -0.2) is 79.9 Å². The van der Waals surface area contributed by atoms with Gasteiger partial charge in [-0.05, 0) is 237 Å². The number of ether oxygens (including phenoxy) is 3. The molecular formula is C112H117Cl2IN16O6. The zero-order valence-electron chi connectivity index (χ0n) is 79.4. The molecule has 0 saturated heterocycles. The Balaban J connectivity index is 0.000000154. The number of hydrogen-bond donors (Lipinski definition) is 8. The number of carbonyl (C=O) groups is 3. The van der Waals surface area contributed by atoms with Crippen LogP contribution in [0.25, 0.3) is 133 Å². The van der Waals surface area contributed by atoms with Crippen molar-refractivity contribution in [1.82, 2.24) is 55.8 Å². The topological polar surface area (TPSA) is 330 Å². The minimum absolute atomic E-state index is 0. The molecule has 22 nitrogen and oxygen atoms in total. The van der Waals surface area contributed by atoms with Crippen molar-refractivity contribution in [1.29, 1.82) is 11.1 Å². The van der Waals surface area contributed by atoms with Gasteiger partial charge >= 0.3 is 18.3 Å². The Morgan fingerprint density at radius 2 is 0.664 bits per heavy atom. The largest absolute Gasteiger partial charge is 0.444 e. The lowest BCUT2D eigenvalue weighted by molar-refractivity contribution is 0.0365. The fourth-order valence-electron chi connectivity index (χ4n) is 17.7. The molecule has 16 aromatic rings. The lowest BCUT2D eigenvalue weighted by atomic mass is 9.71. The predicted molar refractivity (Wildman–Crippen MR) is 564 cm³/mol. The number of nitrogens with two attached hydrogens (primary N) is 2. The van der Waals surface area contributed by atoms with Crippen molar-refractivity contribution in [2.75, 3.05) is 10.3 Å². The van der Waals surface area contributed by atoms with Crippen molar-refractivity contribution >= 4 is 114 Å². The first-order valence-corrected chi connectivity index (χ1v) is 47.7. The van der Waals surface area contributed by atoms with E-state index < -0.39 is 22.3 Å². The Morgan fingerprint density at radius 3 is 0.956 bits per heavy atom. The van der Waals surface area contributed by atoms with E-state index >= 15 is 0 Å². The van der Waals surface area contributed by atoms with Gasteiger partial charge in [0.15, 0.2) is 0 Å². The standard InChI is InChI=1S/C29H28ClN3O2.C29H31N5O2.C29H29N3O2.C24H21N3.CH3I.ClH.H2N2.H2/c1-28(2,3)35-27(34)33-29(15-7-16-29)21-12-10-20(11-13-21)25-22(19-8-5-4-6-9-19)18-23-24(32-25)14-17-31-26(23)30;1-28(2,3)36-27(35)33-29(15-7-16-29)21-12-10-20(11-13-21)25-22(19-8-5-4-6-9-19)18-23-24(32-25)14-17-31-26(23)34-30;1-28(2,3)34-27(33)32-29(15-7-16-29)23-12-10-21(11-13-23)26-24(20-8-5-4-6-9-20)18-22-19-30-17-14-25(22)31-26;25-24(12-4-13-24)20-9-7-18(8-10-20)23-21(17-5-2-1-3-6-17)15-19-16-26-14-11-22(19)27-23;1-2;;1-2;/h4-6,8-14,17-18H,7,15-16H2,1-3H3,(H,33,34);4-6,8-14,17-18H,7,15-16,30H2,1-3H3,(H,31,34)(H,33,35);4-6,8-14,17-19H,7,15-16H2,1-3H3,(H,32,33);1-3,5-11,14-16H,4,12-13,25H2;1H3;1H;1-2H;1H/i;;;;1D;;;. The molecule has 3 amide bonds. The molecule has 4 fully saturated rings. The molecule has 702 valence electrons. The van der Waals surface area contributed by atoms with Crippen molar-refractivity contribution in [3.05, 3.63) is 332 Å². The van der Waals surface area contributed by atoms with Crippen molar-refractivity contribution in [2.24, 2.45) is 11.6 Å². The molecule has 8 aromatic carbocycles. The van der Waals surface area contributed by atoms with Gasteiger partial charge in [0.1, 0.15) is 27.8 Å². The molecule has 4 saturated carbocycles. The summed E-state index contributed by atoms with van der Waals surface area (Å²) >= 11 is 8.35. The van der Waals surface area contributed by atoms with Crippen LogP contribution >= 0.6 is 46.6 Å². The predicted octanol–water partition coefficient (Wildman–Crippen LogP) is 28.2. The molecule has 0 bridgehead atoms. The quantitative estimate of drug-likeness (QED) is 0.00847. The first-order valence-electron chi connectivity index (χ1n) is 46.5. The number of carbonyl (C=O) groups excluding carboxylic acids is 3. The number of alkyl carbamates (subject to hydrolysis) is 3. The van der Waals surface area contributed by atoms with E-state index in [4.69, 9.17) is 69.8 Å². The minimum atomic E-state index is -0.538. The number of hydrogen-bond acceptors (Lipinski definition) is 19. The third kappa shape index (κ3) is 23.2. The molecule has 0 radical (unpaired) electrons. The van der Waals surface area contributed by atoms with Crippen LogP contribution in [0.3, 0.4) is 0 Å². The van der Waals surface area contributed by atoms with Gasteiger partial charge in [0.25, 0.3) is 0 Å². The Kier molecular flexibility index (Phi) is 30.9. The number of amides is 3. The van der Waals surface area contributed by atoms with Crippen molar-refractivity contribution in [3.63, 3.8) is 0 Å². The molecular weight excluding hydrogens is 1860 g/mol. The van der Waals surface area contributed by atoms with Crippen molar-refractivity contribution < 1.29 is 31.4 Å². The number of alkyl halides is 1. The fraction of sp³-hybridized carbons (Fsp3) is 0.259. The molecule has 10 N–H and O–H groups in total. The normalized spacial score (nSPS) is 14.6. The lowest BCUT2D eigenvalue weighted by Gasteiger charge is -2.43. The Morgan fingerprint density at radius 1 is 0.387 bits per heavy atom. The van der Waals surface area contributed by atoms with E-state index in [1.807, 2.05) is 182 Å². The van der Waals surface area contributed by atoms with E-state index in [-0.39, 0.29) is 48.7 Å². The van der Waals surface area contributed by atoms with Crippen LogP contribution < -0.4 is 33.0 Å². The minimum Gasteiger partial charge on any atom is -0.444 e. The number of nitrogen functional groups attached to an aromatic ring is 1. The van der Waals surface area contributed by atoms with Crippen LogP contribution in [-0.2, 0) is 36.4 Å². The molecule has 4 aliphatic rings. The highest BCUT2D eigenvalue weighted by Gasteiger charge is 2.44. The molecule has 8 heterocycles. The highest BCUT2D eigenvalue weighted by molar-refractivity contribution is 14.1. The number of halogens is 3. The number of anilines is 1. The molecule has 25 heteroatoms. The molecule has 0 aliphatic heterocycles. The number of nitrogens with zero attached hydrogens (tertiary/aromatic N) is 8. The number of rotatable bonds is 16. The van der Waals surface area contributed by atoms with Gasteiger partial charge in [0.2, 0.25) is 0 Å². The Labute approximate surface area is 828 Å². The van der Waals surface area contributed by atoms with Crippen molar-refractivity contribution in [2.45, 2.75) is 178 Å². The summed E-state index contributed by atoms with van der Waals surface area (Å²) in [4.78, 5) is 75.1. The van der Waals surface area contributed by atoms with Gasteiger partial charge < -0.3 is 41.3 Å². The van der Waals surface area contributed by atoms with E-state index in [1.165, 1.54) is 12.0 Å². The van der Waals surface area contributed by atoms with Gasteiger partial charge in [-0.1, -0.05) is 253 Å². The Bertz CT molecular complexity index is 6920. The third-order valence-electron chi connectivity index (χ3n) is 25.1. The van der Waals surface area contributed by atoms with Crippen LogP contribution in [0.15, 0.2) is 304 Å². The van der Waals surface area contributed by atoms with Crippen LogP contribution in [0.4, 0.5) is 20.2 Å². The molecule has 137 heavy (non-hydrogen) atoms. The summed E-state index contributed by atoms with van der Waals surface area (Å²) in [7, 11) is 0. The number of fused-ring (bicyclic) bond motifs is 4. The monoisotopic (exact) mass is 1980 g/mol. The number of benzene rings is 8. The number of aromatic nitrogens is 8. The molecule has 8 aromatic heterocycles. The SMILES string of the molecule is CC(C)(C)OC(=O)NC1(c2ccc(-c3nc4ccnc(Cl)c4cc3-c3ccccc3)cc2)CCC1.CC(C)(C)OC(=O)NC1(c2ccc(-c3nc4ccnc(NN)c4cc3-c3ccccc3)cc2)CCC1.CC(C)(C)OC(=O)NC1(c2ccc(-c3nc4ccncc4cc3-c3ccccc3)cc2)CCC1.Cl.N=N.NC1(c2ccc(-c3nc4ccncc4cc3-c3ccccc3)cc2)CCC1.[2H]CI.[HH].